The Labute approximate surface area is 258 Å². The van der Waals surface area contributed by atoms with E-state index in [0.29, 0.717) is 70.8 Å². The fraction of sp³-hybridized carbons (Fsp3) is 0.375. The Bertz CT molecular complexity index is 1740. The van der Waals surface area contributed by atoms with Crippen LogP contribution in [-0.4, -0.2) is 74.6 Å². The van der Waals surface area contributed by atoms with Gasteiger partial charge in [-0.05, 0) is 62.2 Å². The van der Waals surface area contributed by atoms with Gasteiger partial charge in [0, 0.05) is 13.1 Å². The van der Waals surface area contributed by atoms with Crippen molar-refractivity contribution in [1.82, 2.24) is 9.47 Å². The van der Waals surface area contributed by atoms with Crippen LogP contribution in [0.3, 0.4) is 0 Å². The fourth-order valence-electron chi connectivity index (χ4n) is 5.10. The summed E-state index contributed by atoms with van der Waals surface area (Å²) < 4.78 is 29.6. The first-order valence-electron chi connectivity index (χ1n) is 14.4. The van der Waals surface area contributed by atoms with Gasteiger partial charge in [0.15, 0.2) is 22.9 Å². The quantitative estimate of drug-likeness (QED) is 0.317. The molecule has 1 atom stereocenters. The number of ether oxygens (including phenoxy) is 5. The Balaban J connectivity index is 1.48. The SMILES string of the molecule is CCOC(=O)C1=C(C)N=c2s/c(=C/c3ccc(OCC(=O)N4CCOCC4)cc3)c(=O)n2[C@H]1c1ccc(OC)c(OCC)c1. The number of hydrogen-bond donors (Lipinski definition) is 0. The monoisotopic (exact) mass is 621 g/mol. The highest BCUT2D eigenvalue weighted by molar-refractivity contribution is 7.07. The van der Waals surface area contributed by atoms with Crippen LogP contribution < -0.4 is 29.1 Å². The third-order valence-corrected chi connectivity index (χ3v) is 8.21. The van der Waals surface area contributed by atoms with E-state index in [9.17, 15) is 14.4 Å². The predicted octanol–water partition coefficient (Wildman–Crippen LogP) is 2.44. The number of thiazole rings is 1. The van der Waals surface area contributed by atoms with Crippen LogP contribution in [0.1, 0.15) is 37.9 Å². The summed E-state index contributed by atoms with van der Waals surface area (Å²) in [7, 11) is 1.55. The van der Waals surface area contributed by atoms with Gasteiger partial charge in [-0.25, -0.2) is 9.79 Å². The number of hydrogen-bond acceptors (Lipinski definition) is 10. The summed E-state index contributed by atoms with van der Waals surface area (Å²) in [5.41, 5.74) is 1.89. The van der Waals surface area contributed by atoms with Crippen molar-refractivity contribution in [2.24, 2.45) is 4.99 Å². The summed E-state index contributed by atoms with van der Waals surface area (Å²) in [4.78, 5) is 46.4. The maximum absolute atomic E-state index is 13.9. The number of benzene rings is 2. The Hall–Kier alpha value is -4.42. The minimum Gasteiger partial charge on any atom is -0.493 e. The van der Waals surface area contributed by atoms with Gasteiger partial charge >= 0.3 is 5.97 Å². The standard InChI is InChI=1S/C32H35N3O8S/c1-5-41-25-18-22(9-12-24(25)39-4)29-28(31(38)42-6-2)20(3)33-32-35(29)30(37)26(44-32)17-21-7-10-23(11-8-21)43-19-27(36)34-13-15-40-16-14-34/h7-12,17-18,29H,5-6,13-16,19H2,1-4H3/b26-17+/t29-/m0/s1. The van der Waals surface area contributed by atoms with E-state index in [4.69, 9.17) is 23.7 Å². The van der Waals surface area contributed by atoms with E-state index >= 15 is 0 Å². The molecule has 232 valence electrons. The number of carbonyl (C=O) groups is 2. The van der Waals surface area contributed by atoms with Crippen LogP contribution in [0.4, 0.5) is 0 Å². The van der Waals surface area contributed by atoms with Gasteiger partial charge in [-0.15, -0.1) is 0 Å². The summed E-state index contributed by atoms with van der Waals surface area (Å²) in [6, 6.07) is 11.7. The molecular weight excluding hydrogens is 586 g/mol. The lowest BCUT2D eigenvalue weighted by molar-refractivity contribution is -0.139. The Morgan fingerprint density at radius 1 is 1.05 bits per heavy atom. The summed E-state index contributed by atoms with van der Waals surface area (Å²) >= 11 is 1.24. The van der Waals surface area contributed by atoms with Gasteiger partial charge in [0.05, 0.1) is 55.4 Å². The van der Waals surface area contributed by atoms with Crippen molar-refractivity contribution in [1.29, 1.82) is 0 Å². The molecule has 12 heteroatoms. The average Bonchev–Trinajstić information content (AvgIpc) is 3.34. The molecule has 0 radical (unpaired) electrons. The molecule has 3 heterocycles. The van der Waals surface area contributed by atoms with Crippen molar-refractivity contribution in [2.75, 3.05) is 53.2 Å². The third kappa shape index (κ3) is 6.56. The molecule has 2 aliphatic heterocycles. The lowest BCUT2D eigenvalue weighted by Gasteiger charge is -2.26. The molecule has 1 saturated heterocycles. The van der Waals surface area contributed by atoms with E-state index in [1.807, 2.05) is 25.1 Å². The van der Waals surface area contributed by atoms with Crippen molar-refractivity contribution in [3.63, 3.8) is 0 Å². The molecule has 1 fully saturated rings. The molecular formula is C32H35N3O8S. The second kappa shape index (κ2) is 13.9. The first-order chi connectivity index (χ1) is 21.3. The van der Waals surface area contributed by atoms with Crippen LogP contribution in [0.2, 0.25) is 0 Å². The number of amides is 1. The Kier molecular flexibility index (Phi) is 9.81. The van der Waals surface area contributed by atoms with Crippen molar-refractivity contribution in [3.05, 3.63) is 84.5 Å². The van der Waals surface area contributed by atoms with E-state index in [1.165, 1.54) is 15.9 Å². The Morgan fingerprint density at radius 3 is 2.48 bits per heavy atom. The number of rotatable bonds is 10. The topological polar surface area (TPSA) is 118 Å². The van der Waals surface area contributed by atoms with Crippen LogP contribution in [0, 0.1) is 0 Å². The fourth-order valence-corrected chi connectivity index (χ4v) is 6.15. The van der Waals surface area contributed by atoms with Gasteiger partial charge < -0.3 is 28.6 Å². The van der Waals surface area contributed by atoms with Crippen LogP contribution in [0.15, 0.2) is 63.5 Å². The molecule has 5 rings (SSSR count). The zero-order valence-corrected chi connectivity index (χ0v) is 26.0. The number of aromatic nitrogens is 1. The van der Waals surface area contributed by atoms with Gasteiger partial charge in [0.1, 0.15) is 5.75 Å². The highest BCUT2D eigenvalue weighted by atomic mass is 32.1. The third-order valence-electron chi connectivity index (χ3n) is 7.22. The first kappa shape index (κ1) is 31.0. The maximum atomic E-state index is 13.9. The molecule has 11 nitrogen and oxygen atoms in total. The van der Waals surface area contributed by atoms with E-state index in [0.717, 1.165) is 5.56 Å². The van der Waals surface area contributed by atoms with Crippen LogP contribution in [-0.2, 0) is 19.1 Å². The lowest BCUT2D eigenvalue weighted by atomic mass is 9.95. The summed E-state index contributed by atoms with van der Waals surface area (Å²) in [5.74, 6) is 0.963. The zero-order chi connectivity index (χ0) is 31.2. The van der Waals surface area contributed by atoms with E-state index in [1.54, 1.807) is 56.2 Å². The summed E-state index contributed by atoms with van der Waals surface area (Å²) in [6.45, 7) is 8.07. The zero-order valence-electron chi connectivity index (χ0n) is 25.2. The van der Waals surface area contributed by atoms with E-state index in [2.05, 4.69) is 4.99 Å². The molecule has 1 aromatic heterocycles. The molecule has 2 aromatic carbocycles. The van der Waals surface area contributed by atoms with Gasteiger partial charge in [-0.2, -0.15) is 0 Å². The number of fused-ring (bicyclic) bond motifs is 1. The van der Waals surface area contributed by atoms with E-state index < -0.39 is 12.0 Å². The Morgan fingerprint density at radius 2 is 1.80 bits per heavy atom. The van der Waals surface area contributed by atoms with Gasteiger partial charge in [-0.3, -0.25) is 14.2 Å². The number of esters is 1. The number of nitrogens with zero attached hydrogens (tertiary/aromatic N) is 3. The molecule has 3 aromatic rings. The highest BCUT2D eigenvalue weighted by Crippen LogP contribution is 2.36. The lowest BCUT2D eigenvalue weighted by Crippen LogP contribution is -2.42. The van der Waals surface area contributed by atoms with Crippen LogP contribution in [0.5, 0.6) is 17.2 Å². The second-order valence-electron chi connectivity index (χ2n) is 10.00. The number of carbonyl (C=O) groups excluding carboxylic acids is 2. The summed E-state index contributed by atoms with van der Waals surface area (Å²) in [6.07, 6.45) is 1.77. The highest BCUT2D eigenvalue weighted by Gasteiger charge is 2.34. The molecule has 44 heavy (non-hydrogen) atoms. The molecule has 0 bridgehead atoms. The predicted molar refractivity (Wildman–Crippen MR) is 164 cm³/mol. The van der Waals surface area contributed by atoms with Gasteiger partial charge in [0.25, 0.3) is 11.5 Å². The maximum Gasteiger partial charge on any atom is 0.338 e. The van der Waals surface area contributed by atoms with Gasteiger partial charge in [-0.1, -0.05) is 29.5 Å². The molecule has 2 aliphatic rings. The number of morpholine rings is 1. The smallest absolute Gasteiger partial charge is 0.338 e. The van der Waals surface area contributed by atoms with Crippen LogP contribution >= 0.6 is 11.3 Å². The molecule has 0 N–H and O–H groups in total. The minimum absolute atomic E-state index is 0.0591. The first-order valence-corrected chi connectivity index (χ1v) is 15.2. The summed E-state index contributed by atoms with van der Waals surface area (Å²) in [5, 5.41) is 0. The molecule has 1 amide bonds. The van der Waals surface area contributed by atoms with Crippen LogP contribution in [0.25, 0.3) is 6.08 Å². The second-order valence-corrected chi connectivity index (χ2v) is 11.0. The van der Waals surface area contributed by atoms with E-state index in [-0.39, 0.29) is 30.3 Å². The molecule has 0 spiro atoms. The molecule has 0 saturated carbocycles. The minimum atomic E-state index is -0.780. The van der Waals surface area contributed by atoms with Gasteiger partial charge in [0.2, 0.25) is 0 Å². The molecule has 0 unspecified atom stereocenters. The number of methoxy groups -OCH3 is 1. The molecule has 0 aliphatic carbocycles. The van der Waals surface area contributed by atoms with Crippen molar-refractivity contribution < 1.29 is 33.3 Å². The normalized spacial score (nSPS) is 16.7. The number of allylic oxidation sites excluding steroid dienone is 1. The van der Waals surface area contributed by atoms with Crippen molar-refractivity contribution in [2.45, 2.75) is 26.8 Å². The average molecular weight is 622 g/mol. The largest absolute Gasteiger partial charge is 0.493 e. The van der Waals surface area contributed by atoms with Crippen molar-refractivity contribution in [3.8, 4) is 17.2 Å². The van der Waals surface area contributed by atoms with Crippen molar-refractivity contribution >= 4 is 29.3 Å².